The van der Waals surface area contributed by atoms with Crippen LogP contribution in [0.5, 0.6) is 0 Å². The number of amides is 4. The molecule has 2 fully saturated rings. The minimum atomic E-state index is -1.40. The van der Waals surface area contributed by atoms with Crippen molar-refractivity contribution >= 4 is 29.3 Å². The van der Waals surface area contributed by atoms with Crippen molar-refractivity contribution in [3.05, 3.63) is 65.2 Å². The molecular formula is C24H24N4O4. The summed E-state index contributed by atoms with van der Waals surface area (Å²) in [6.45, 7) is 2.09. The molecule has 2 aromatic rings. The molecule has 0 aromatic heterocycles. The SMILES string of the molecule is Cc1cccc2c1NC(=O)[C@@]21N[C@@H](CC(N)=O)[C@H]2C(=O)N(CCc3ccccc3)C(=O)[C@H]21. The van der Waals surface area contributed by atoms with E-state index in [9.17, 15) is 19.2 Å². The number of carbonyl (C=O) groups excluding carboxylic acids is 4. The van der Waals surface area contributed by atoms with Crippen LogP contribution in [0.4, 0.5) is 5.69 Å². The molecule has 3 aliphatic rings. The maximum absolute atomic E-state index is 13.6. The van der Waals surface area contributed by atoms with Gasteiger partial charge in [0.25, 0.3) is 0 Å². The van der Waals surface area contributed by atoms with Gasteiger partial charge in [0.1, 0.15) is 5.54 Å². The summed E-state index contributed by atoms with van der Waals surface area (Å²) in [7, 11) is 0. The number of rotatable bonds is 5. The zero-order valence-electron chi connectivity index (χ0n) is 17.6. The molecule has 8 nitrogen and oxygen atoms in total. The first kappa shape index (κ1) is 20.4. The summed E-state index contributed by atoms with van der Waals surface area (Å²) in [5.41, 5.74) is 7.20. The highest BCUT2D eigenvalue weighted by Crippen LogP contribution is 2.53. The molecule has 2 saturated heterocycles. The number of hydrogen-bond donors (Lipinski definition) is 3. The van der Waals surface area contributed by atoms with Gasteiger partial charge in [0.05, 0.1) is 11.8 Å². The number of nitrogens with two attached hydrogens (primary N) is 1. The number of primary amides is 1. The molecule has 0 unspecified atom stereocenters. The van der Waals surface area contributed by atoms with Gasteiger partial charge in [-0.15, -0.1) is 0 Å². The molecule has 4 N–H and O–H groups in total. The van der Waals surface area contributed by atoms with Crippen LogP contribution in [0.15, 0.2) is 48.5 Å². The van der Waals surface area contributed by atoms with Gasteiger partial charge in [-0.1, -0.05) is 48.5 Å². The van der Waals surface area contributed by atoms with Crippen LogP contribution in [0.2, 0.25) is 0 Å². The van der Waals surface area contributed by atoms with Gasteiger partial charge in [-0.3, -0.25) is 29.4 Å². The molecule has 164 valence electrons. The van der Waals surface area contributed by atoms with E-state index in [1.54, 1.807) is 6.07 Å². The van der Waals surface area contributed by atoms with Crippen molar-refractivity contribution in [3.63, 3.8) is 0 Å². The number of benzene rings is 2. The number of fused-ring (bicyclic) bond motifs is 4. The number of nitrogens with zero attached hydrogens (tertiary/aromatic N) is 1. The van der Waals surface area contributed by atoms with Crippen molar-refractivity contribution in [2.75, 3.05) is 11.9 Å². The largest absolute Gasteiger partial charge is 0.370 e. The molecule has 3 heterocycles. The van der Waals surface area contributed by atoms with E-state index in [1.807, 2.05) is 49.4 Å². The van der Waals surface area contributed by atoms with E-state index in [-0.39, 0.29) is 30.7 Å². The van der Waals surface area contributed by atoms with Crippen LogP contribution in [-0.4, -0.2) is 41.1 Å². The Hall–Kier alpha value is -3.52. The van der Waals surface area contributed by atoms with Gasteiger partial charge in [-0.2, -0.15) is 0 Å². The Morgan fingerprint density at radius 2 is 1.81 bits per heavy atom. The third kappa shape index (κ3) is 2.79. The molecule has 0 saturated carbocycles. The highest BCUT2D eigenvalue weighted by atomic mass is 16.2. The summed E-state index contributed by atoms with van der Waals surface area (Å²) in [6.07, 6.45) is 0.378. The van der Waals surface area contributed by atoms with Crippen molar-refractivity contribution in [1.82, 2.24) is 10.2 Å². The lowest BCUT2D eigenvalue weighted by Crippen LogP contribution is -2.53. The van der Waals surface area contributed by atoms with Gasteiger partial charge in [0.15, 0.2) is 0 Å². The topological polar surface area (TPSA) is 122 Å². The standard InChI is InChI=1S/C24H24N4O4/c1-13-6-5-9-15-20(13)26-23(32)24(15)19-18(16(27-24)12-17(25)29)21(30)28(22(19)31)11-10-14-7-3-2-4-8-14/h2-9,16,18-19,27H,10-12H2,1H3,(H2,25,29)(H,26,32)/t16-,18+,19-,24+/m0/s1. The summed E-state index contributed by atoms with van der Waals surface area (Å²) in [5, 5.41) is 6.10. The molecule has 3 aliphatic heterocycles. The second-order valence-corrected chi connectivity index (χ2v) is 8.75. The molecule has 5 rings (SSSR count). The maximum Gasteiger partial charge on any atom is 0.250 e. The molecule has 32 heavy (non-hydrogen) atoms. The summed E-state index contributed by atoms with van der Waals surface area (Å²) < 4.78 is 0. The summed E-state index contributed by atoms with van der Waals surface area (Å²) in [4.78, 5) is 53.4. The molecule has 8 heteroatoms. The minimum absolute atomic E-state index is 0.136. The average molecular weight is 432 g/mol. The zero-order chi connectivity index (χ0) is 22.6. The zero-order valence-corrected chi connectivity index (χ0v) is 17.6. The van der Waals surface area contributed by atoms with Gasteiger partial charge >= 0.3 is 0 Å². The van der Waals surface area contributed by atoms with Gasteiger partial charge in [0.2, 0.25) is 23.6 Å². The average Bonchev–Trinajstić information content (AvgIpc) is 3.33. The first-order chi connectivity index (χ1) is 15.3. The van der Waals surface area contributed by atoms with Crippen molar-refractivity contribution < 1.29 is 19.2 Å². The van der Waals surface area contributed by atoms with Crippen LogP contribution in [-0.2, 0) is 31.1 Å². The van der Waals surface area contributed by atoms with Crippen molar-refractivity contribution in [2.24, 2.45) is 17.6 Å². The smallest absolute Gasteiger partial charge is 0.250 e. The van der Waals surface area contributed by atoms with Crippen LogP contribution >= 0.6 is 0 Å². The van der Waals surface area contributed by atoms with Crippen LogP contribution < -0.4 is 16.4 Å². The predicted molar refractivity (Wildman–Crippen MR) is 116 cm³/mol. The number of carbonyl (C=O) groups is 4. The number of aryl methyl sites for hydroxylation is 1. The maximum atomic E-state index is 13.6. The van der Waals surface area contributed by atoms with Gasteiger partial charge in [0, 0.05) is 30.3 Å². The first-order valence-electron chi connectivity index (χ1n) is 10.7. The third-order valence-electron chi connectivity index (χ3n) is 6.94. The summed E-state index contributed by atoms with van der Waals surface area (Å²) in [5.74, 6) is -3.49. The fourth-order valence-electron chi connectivity index (χ4n) is 5.53. The summed E-state index contributed by atoms with van der Waals surface area (Å²) in [6, 6.07) is 14.4. The lowest BCUT2D eigenvalue weighted by atomic mass is 9.76. The fraction of sp³-hybridized carbons (Fsp3) is 0.333. The predicted octanol–water partition coefficient (Wildman–Crippen LogP) is 0.834. The Balaban J connectivity index is 1.55. The van der Waals surface area contributed by atoms with E-state index in [4.69, 9.17) is 5.73 Å². The Labute approximate surface area is 185 Å². The van der Waals surface area contributed by atoms with Gasteiger partial charge in [-0.25, -0.2) is 0 Å². The second-order valence-electron chi connectivity index (χ2n) is 8.75. The number of anilines is 1. The van der Waals surface area contributed by atoms with Crippen molar-refractivity contribution in [2.45, 2.75) is 31.3 Å². The lowest BCUT2D eigenvalue weighted by molar-refractivity contribution is -0.142. The Morgan fingerprint density at radius 3 is 2.53 bits per heavy atom. The lowest BCUT2D eigenvalue weighted by Gasteiger charge is -2.29. The molecule has 4 atom stereocenters. The first-order valence-corrected chi connectivity index (χ1v) is 10.7. The quantitative estimate of drug-likeness (QED) is 0.605. The number of imide groups is 1. The molecule has 0 aliphatic carbocycles. The number of hydrogen-bond acceptors (Lipinski definition) is 5. The molecular weight excluding hydrogens is 408 g/mol. The van der Waals surface area contributed by atoms with Crippen LogP contribution in [0.25, 0.3) is 0 Å². The van der Waals surface area contributed by atoms with Gasteiger partial charge in [-0.05, 0) is 24.5 Å². The van der Waals surface area contributed by atoms with Crippen LogP contribution in [0.1, 0.15) is 23.1 Å². The Bertz CT molecular complexity index is 1150. The molecule has 4 amide bonds. The highest BCUT2D eigenvalue weighted by Gasteiger charge is 2.70. The minimum Gasteiger partial charge on any atom is -0.370 e. The number of para-hydroxylation sites is 1. The van der Waals surface area contributed by atoms with E-state index >= 15 is 0 Å². The monoisotopic (exact) mass is 432 g/mol. The molecule has 1 spiro atoms. The van der Waals surface area contributed by atoms with Crippen molar-refractivity contribution in [1.29, 1.82) is 0 Å². The van der Waals surface area contributed by atoms with E-state index in [0.717, 1.165) is 11.1 Å². The highest BCUT2D eigenvalue weighted by molar-refractivity contribution is 6.15. The molecule has 0 bridgehead atoms. The molecule has 0 radical (unpaired) electrons. The second kappa shape index (κ2) is 7.27. The van der Waals surface area contributed by atoms with Gasteiger partial charge < -0.3 is 11.1 Å². The van der Waals surface area contributed by atoms with E-state index in [2.05, 4.69) is 10.6 Å². The van der Waals surface area contributed by atoms with Crippen LogP contribution in [0, 0.1) is 18.8 Å². The van der Waals surface area contributed by atoms with E-state index in [0.29, 0.717) is 17.7 Å². The van der Waals surface area contributed by atoms with E-state index in [1.165, 1.54) is 4.90 Å². The number of likely N-dealkylation sites (tertiary alicyclic amines) is 1. The Morgan fingerprint density at radius 1 is 1.06 bits per heavy atom. The van der Waals surface area contributed by atoms with E-state index < -0.39 is 29.3 Å². The number of nitrogens with one attached hydrogen (secondary N) is 2. The fourth-order valence-corrected chi connectivity index (χ4v) is 5.53. The third-order valence-corrected chi connectivity index (χ3v) is 6.94. The summed E-state index contributed by atoms with van der Waals surface area (Å²) >= 11 is 0. The molecule has 2 aromatic carbocycles. The van der Waals surface area contributed by atoms with Crippen molar-refractivity contribution in [3.8, 4) is 0 Å². The normalized spacial score (nSPS) is 28.2. The van der Waals surface area contributed by atoms with Crippen LogP contribution in [0.3, 0.4) is 0 Å². The Kier molecular flexibility index (Phi) is 4.63.